The molecule has 1 atom stereocenters. The van der Waals surface area contributed by atoms with Gasteiger partial charge in [-0.05, 0) is 43.7 Å². The number of hydrogen-bond donors (Lipinski definition) is 2. The fraction of sp³-hybridized carbons (Fsp3) is 0.231. The van der Waals surface area contributed by atoms with Crippen molar-refractivity contribution in [3.05, 3.63) is 47.9 Å². The molecule has 3 N–H and O–H groups in total. The van der Waals surface area contributed by atoms with E-state index >= 15 is 0 Å². The Morgan fingerprint density at radius 3 is 2.81 bits per heavy atom. The Morgan fingerprint density at radius 1 is 1.31 bits per heavy atom. The van der Waals surface area contributed by atoms with Crippen molar-refractivity contribution in [1.29, 1.82) is 0 Å². The Kier molecular flexibility index (Phi) is 2.86. The summed E-state index contributed by atoms with van der Waals surface area (Å²) in [5.74, 6) is 0.904. The van der Waals surface area contributed by atoms with Crippen molar-refractivity contribution >= 4 is 11.4 Å². The largest absolute Gasteiger partial charge is 0.467 e. The summed E-state index contributed by atoms with van der Waals surface area (Å²) >= 11 is 0. The van der Waals surface area contributed by atoms with Crippen LogP contribution in [0.2, 0.25) is 0 Å². The van der Waals surface area contributed by atoms with Crippen LogP contribution in [0.1, 0.15) is 24.3 Å². The molecule has 0 radical (unpaired) electrons. The Hall–Kier alpha value is -1.90. The van der Waals surface area contributed by atoms with Gasteiger partial charge >= 0.3 is 0 Å². The summed E-state index contributed by atoms with van der Waals surface area (Å²) in [6.07, 6.45) is 1.67. The highest BCUT2D eigenvalue weighted by atomic mass is 16.3. The molecule has 0 bridgehead atoms. The summed E-state index contributed by atoms with van der Waals surface area (Å²) in [5, 5.41) is 3.33. The first kappa shape index (κ1) is 10.6. The van der Waals surface area contributed by atoms with E-state index in [-0.39, 0.29) is 6.04 Å². The van der Waals surface area contributed by atoms with E-state index < -0.39 is 0 Å². The first-order chi connectivity index (χ1) is 7.66. The molecule has 84 valence electrons. The average molecular weight is 216 g/mol. The minimum absolute atomic E-state index is 0.110. The molecule has 0 fully saturated rings. The Bertz CT molecular complexity index is 463. The predicted octanol–water partition coefficient (Wildman–Crippen LogP) is 3.34. The van der Waals surface area contributed by atoms with E-state index in [9.17, 15) is 0 Å². The van der Waals surface area contributed by atoms with Gasteiger partial charge in [0.05, 0.1) is 23.7 Å². The van der Waals surface area contributed by atoms with Crippen LogP contribution in [-0.4, -0.2) is 0 Å². The molecule has 0 aliphatic carbocycles. The number of nitrogen functional groups attached to an aromatic ring is 1. The molecule has 3 heteroatoms. The highest BCUT2D eigenvalue weighted by Crippen LogP contribution is 2.25. The van der Waals surface area contributed by atoms with Crippen molar-refractivity contribution < 1.29 is 4.42 Å². The van der Waals surface area contributed by atoms with Crippen LogP contribution in [0.3, 0.4) is 0 Å². The zero-order valence-corrected chi connectivity index (χ0v) is 9.53. The summed E-state index contributed by atoms with van der Waals surface area (Å²) in [6, 6.07) is 9.88. The molecule has 1 unspecified atom stereocenters. The molecule has 0 aliphatic heterocycles. The van der Waals surface area contributed by atoms with Gasteiger partial charge in [0, 0.05) is 0 Å². The average Bonchev–Trinajstić information content (AvgIpc) is 2.76. The van der Waals surface area contributed by atoms with Crippen LogP contribution < -0.4 is 11.1 Å². The van der Waals surface area contributed by atoms with Crippen LogP contribution in [0.5, 0.6) is 0 Å². The van der Waals surface area contributed by atoms with Crippen molar-refractivity contribution in [2.45, 2.75) is 19.9 Å². The monoisotopic (exact) mass is 216 g/mol. The van der Waals surface area contributed by atoms with Crippen LogP contribution in [0, 0.1) is 6.92 Å². The van der Waals surface area contributed by atoms with Gasteiger partial charge in [0.2, 0.25) is 0 Å². The van der Waals surface area contributed by atoms with Crippen LogP contribution in [0.25, 0.3) is 0 Å². The lowest BCUT2D eigenvalue weighted by Gasteiger charge is -2.15. The lowest BCUT2D eigenvalue weighted by molar-refractivity contribution is 0.490. The van der Waals surface area contributed by atoms with E-state index in [4.69, 9.17) is 10.2 Å². The van der Waals surface area contributed by atoms with Crippen molar-refractivity contribution in [3.8, 4) is 0 Å². The number of hydrogen-bond acceptors (Lipinski definition) is 3. The second-order valence-electron chi connectivity index (χ2n) is 3.97. The molecule has 2 rings (SSSR count). The van der Waals surface area contributed by atoms with Gasteiger partial charge in [-0.15, -0.1) is 0 Å². The second kappa shape index (κ2) is 4.31. The van der Waals surface area contributed by atoms with E-state index in [1.807, 2.05) is 44.2 Å². The Labute approximate surface area is 95.3 Å². The molecular weight excluding hydrogens is 200 g/mol. The van der Waals surface area contributed by atoms with Gasteiger partial charge in [-0.3, -0.25) is 0 Å². The number of anilines is 2. The summed E-state index contributed by atoms with van der Waals surface area (Å²) in [7, 11) is 0. The van der Waals surface area contributed by atoms with Gasteiger partial charge in [0.15, 0.2) is 0 Å². The third-order valence-corrected chi connectivity index (χ3v) is 2.55. The fourth-order valence-electron chi connectivity index (χ4n) is 1.64. The summed E-state index contributed by atoms with van der Waals surface area (Å²) in [4.78, 5) is 0. The maximum absolute atomic E-state index is 5.90. The maximum atomic E-state index is 5.90. The van der Waals surface area contributed by atoms with Crippen molar-refractivity contribution in [2.24, 2.45) is 0 Å². The van der Waals surface area contributed by atoms with Crippen molar-refractivity contribution in [2.75, 3.05) is 11.1 Å². The first-order valence-corrected chi connectivity index (χ1v) is 5.33. The normalized spacial score (nSPS) is 12.4. The number of nitrogens with one attached hydrogen (secondary N) is 1. The van der Waals surface area contributed by atoms with E-state index in [0.717, 1.165) is 17.1 Å². The SMILES string of the molecule is Cc1ccc(N)c(NC(C)c2ccco2)c1. The molecule has 0 spiro atoms. The zero-order valence-electron chi connectivity index (χ0n) is 9.53. The van der Waals surface area contributed by atoms with Gasteiger partial charge < -0.3 is 15.5 Å². The molecule has 3 nitrogen and oxygen atoms in total. The fourth-order valence-corrected chi connectivity index (χ4v) is 1.64. The van der Waals surface area contributed by atoms with Crippen LogP contribution in [0.15, 0.2) is 41.0 Å². The van der Waals surface area contributed by atoms with Crippen LogP contribution in [0.4, 0.5) is 11.4 Å². The van der Waals surface area contributed by atoms with Gasteiger partial charge in [-0.2, -0.15) is 0 Å². The summed E-state index contributed by atoms with van der Waals surface area (Å²) in [6.45, 7) is 4.09. The lowest BCUT2D eigenvalue weighted by Crippen LogP contribution is -2.07. The molecule has 0 amide bonds. The van der Waals surface area contributed by atoms with Crippen molar-refractivity contribution in [3.63, 3.8) is 0 Å². The molecule has 0 saturated heterocycles. The zero-order chi connectivity index (χ0) is 11.5. The Morgan fingerprint density at radius 2 is 2.12 bits per heavy atom. The number of benzene rings is 1. The third kappa shape index (κ3) is 2.19. The molecule has 1 heterocycles. The topological polar surface area (TPSA) is 51.2 Å². The molecule has 2 aromatic rings. The smallest absolute Gasteiger partial charge is 0.125 e. The summed E-state index contributed by atoms with van der Waals surface area (Å²) in [5.41, 5.74) is 8.78. The predicted molar refractivity (Wildman–Crippen MR) is 66.3 cm³/mol. The van der Waals surface area contributed by atoms with E-state index in [1.54, 1.807) is 6.26 Å². The molecule has 16 heavy (non-hydrogen) atoms. The lowest BCUT2D eigenvalue weighted by atomic mass is 10.1. The number of aryl methyl sites for hydroxylation is 1. The molecule has 1 aromatic carbocycles. The standard InChI is InChI=1S/C13H16N2O/c1-9-5-6-11(14)12(8-9)15-10(2)13-4-3-7-16-13/h3-8,10,15H,14H2,1-2H3. The van der Waals surface area contributed by atoms with E-state index in [2.05, 4.69) is 5.32 Å². The molecular formula is C13H16N2O. The van der Waals surface area contributed by atoms with E-state index in [0.29, 0.717) is 0 Å². The maximum Gasteiger partial charge on any atom is 0.125 e. The molecule has 0 aliphatic rings. The van der Waals surface area contributed by atoms with Gasteiger partial charge in [-0.1, -0.05) is 6.07 Å². The van der Waals surface area contributed by atoms with Crippen molar-refractivity contribution in [1.82, 2.24) is 0 Å². The number of nitrogens with two attached hydrogens (primary N) is 1. The Balaban J connectivity index is 2.17. The minimum atomic E-state index is 0.110. The number of rotatable bonds is 3. The number of furan rings is 1. The van der Waals surface area contributed by atoms with Gasteiger partial charge in [0.1, 0.15) is 5.76 Å². The molecule has 1 aromatic heterocycles. The summed E-state index contributed by atoms with van der Waals surface area (Å²) < 4.78 is 5.33. The van der Waals surface area contributed by atoms with Crippen LogP contribution >= 0.6 is 0 Å². The highest BCUT2D eigenvalue weighted by Gasteiger charge is 2.09. The highest BCUT2D eigenvalue weighted by molar-refractivity contribution is 5.67. The van der Waals surface area contributed by atoms with Gasteiger partial charge in [0.25, 0.3) is 0 Å². The first-order valence-electron chi connectivity index (χ1n) is 5.33. The minimum Gasteiger partial charge on any atom is -0.467 e. The second-order valence-corrected chi connectivity index (χ2v) is 3.97. The molecule has 0 saturated carbocycles. The van der Waals surface area contributed by atoms with Gasteiger partial charge in [-0.25, -0.2) is 0 Å². The van der Waals surface area contributed by atoms with Crippen LogP contribution in [-0.2, 0) is 0 Å². The van der Waals surface area contributed by atoms with E-state index in [1.165, 1.54) is 5.56 Å². The quantitative estimate of drug-likeness (QED) is 0.773. The third-order valence-electron chi connectivity index (χ3n) is 2.55.